The van der Waals surface area contributed by atoms with Crippen molar-refractivity contribution < 1.29 is 14.9 Å². The lowest BCUT2D eigenvalue weighted by Crippen LogP contribution is -2.52. The fourth-order valence-corrected chi connectivity index (χ4v) is 3.22. The van der Waals surface area contributed by atoms with Crippen LogP contribution in [0.25, 0.3) is 11.2 Å². The smallest absolute Gasteiger partial charge is 0.222 e. The van der Waals surface area contributed by atoms with Gasteiger partial charge >= 0.3 is 0 Å². The van der Waals surface area contributed by atoms with E-state index in [1.807, 2.05) is 0 Å². The third-order valence-electron chi connectivity index (χ3n) is 4.23. The molecule has 1 aliphatic heterocycles. The van der Waals surface area contributed by atoms with Gasteiger partial charge in [-0.05, 0) is 18.5 Å². The first-order valence-corrected chi connectivity index (χ1v) is 7.61. The van der Waals surface area contributed by atoms with Crippen LogP contribution in [-0.2, 0) is 4.74 Å². The number of aromatic nitrogens is 4. The Morgan fingerprint density at radius 3 is 2.92 bits per heavy atom. The number of hydrogen-bond acceptors (Lipinski definition) is 8. The van der Waals surface area contributed by atoms with Crippen molar-refractivity contribution in [2.24, 2.45) is 11.7 Å². The monoisotopic (exact) mass is 352 g/mol. The lowest BCUT2D eigenvalue weighted by atomic mass is 9.82. The molecule has 2 unspecified atom stereocenters. The fourth-order valence-electron chi connectivity index (χ4n) is 3.06. The van der Waals surface area contributed by atoms with Crippen molar-refractivity contribution in [3.05, 3.63) is 12.5 Å². The van der Waals surface area contributed by atoms with Gasteiger partial charge in [-0.3, -0.25) is 4.57 Å². The van der Waals surface area contributed by atoms with Gasteiger partial charge in [0.1, 0.15) is 11.1 Å². The molecule has 9 nitrogen and oxygen atoms in total. The highest BCUT2D eigenvalue weighted by Gasteiger charge is 2.56. The predicted octanol–water partition coefficient (Wildman–Crippen LogP) is -0.808. The molecule has 0 amide bonds. The summed E-state index contributed by atoms with van der Waals surface area (Å²) in [5, 5.41) is 22.0. The molecule has 1 aliphatic rings. The third-order valence-corrected chi connectivity index (χ3v) is 4.32. The summed E-state index contributed by atoms with van der Waals surface area (Å²) in [6.45, 7) is 1.22. The number of rotatable bonds is 3. The van der Waals surface area contributed by atoms with Gasteiger partial charge < -0.3 is 26.4 Å². The van der Waals surface area contributed by atoms with E-state index in [0.29, 0.717) is 11.2 Å². The zero-order valence-corrected chi connectivity index (χ0v) is 13.6. The average Bonchev–Trinajstić information content (AvgIpc) is 3.05. The van der Waals surface area contributed by atoms with Crippen LogP contribution in [0.15, 0.2) is 12.5 Å². The first-order chi connectivity index (χ1) is 11.4. The van der Waals surface area contributed by atoms with E-state index in [-0.39, 0.29) is 12.6 Å². The molecular weight excluding hydrogens is 336 g/mol. The van der Waals surface area contributed by atoms with Crippen LogP contribution in [0, 0.1) is 17.2 Å². The number of hydrogen-bond donors (Lipinski definition) is 4. The summed E-state index contributed by atoms with van der Waals surface area (Å²) < 4.78 is 7.47. The topological polar surface area (TPSA) is 145 Å². The van der Waals surface area contributed by atoms with E-state index >= 15 is 0 Å². The summed E-state index contributed by atoms with van der Waals surface area (Å²) in [6, 6.07) is 0. The average molecular weight is 353 g/mol. The molecule has 2 aromatic rings. The van der Waals surface area contributed by atoms with Gasteiger partial charge in [0.25, 0.3) is 0 Å². The summed E-state index contributed by atoms with van der Waals surface area (Å²) in [5.41, 5.74) is 11.6. The van der Waals surface area contributed by atoms with Crippen LogP contribution in [0.5, 0.6) is 0 Å². The molecule has 6 N–H and O–H groups in total. The van der Waals surface area contributed by atoms with Crippen molar-refractivity contribution in [2.45, 2.75) is 30.9 Å². The Labute approximate surface area is 142 Å². The minimum Gasteiger partial charge on any atom is -0.396 e. The van der Waals surface area contributed by atoms with Crippen LogP contribution < -0.4 is 11.5 Å². The molecule has 0 bridgehead atoms. The van der Waals surface area contributed by atoms with E-state index in [2.05, 4.69) is 26.3 Å². The molecule has 10 heteroatoms. The molecule has 1 fully saturated rings. The van der Waals surface area contributed by atoms with Crippen molar-refractivity contribution >= 4 is 28.7 Å². The number of imidazole rings is 1. The summed E-state index contributed by atoms with van der Waals surface area (Å²) in [4.78, 5) is 12.2. The minimum atomic E-state index is -1.36. The maximum Gasteiger partial charge on any atom is 0.222 e. The number of aliphatic hydroxyl groups excluding tert-OH is 2. The van der Waals surface area contributed by atoms with Crippen LogP contribution in [0.4, 0.5) is 5.95 Å². The van der Waals surface area contributed by atoms with E-state index in [4.69, 9.17) is 27.8 Å². The number of halogens is 1. The zero-order valence-electron chi connectivity index (χ0n) is 12.8. The second-order valence-corrected chi connectivity index (χ2v) is 5.91. The van der Waals surface area contributed by atoms with Crippen LogP contribution in [0.1, 0.15) is 13.2 Å². The van der Waals surface area contributed by atoms with Crippen LogP contribution in [0.2, 0.25) is 0 Å². The predicted molar refractivity (Wildman–Crippen MR) is 86.4 cm³/mol. The second kappa shape index (κ2) is 6.16. The molecule has 3 heterocycles. The third kappa shape index (κ3) is 2.49. The summed E-state index contributed by atoms with van der Waals surface area (Å²) >= 11 is 5.58. The Morgan fingerprint density at radius 1 is 1.54 bits per heavy atom. The lowest BCUT2D eigenvalue weighted by Gasteiger charge is -2.29. The van der Waals surface area contributed by atoms with Gasteiger partial charge in [-0.1, -0.05) is 5.92 Å². The Morgan fingerprint density at radius 2 is 2.29 bits per heavy atom. The van der Waals surface area contributed by atoms with E-state index in [0.717, 1.165) is 0 Å². The summed E-state index contributed by atoms with van der Waals surface area (Å²) in [6.07, 6.45) is 0.463. The van der Waals surface area contributed by atoms with Gasteiger partial charge in [0, 0.05) is 11.3 Å². The molecule has 128 valence electrons. The van der Waals surface area contributed by atoms with Crippen molar-refractivity contribution in [3.8, 4) is 11.3 Å². The lowest BCUT2D eigenvalue weighted by molar-refractivity contribution is -0.0676. The van der Waals surface area contributed by atoms with Crippen molar-refractivity contribution in [1.82, 2.24) is 19.5 Å². The second-order valence-electron chi connectivity index (χ2n) is 5.72. The van der Waals surface area contributed by atoms with Gasteiger partial charge in [-0.25, -0.2) is 9.97 Å². The van der Waals surface area contributed by atoms with Crippen LogP contribution in [0.3, 0.4) is 0 Å². The first-order valence-electron chi connectivity index (χ1n) is 7.23. The molecule has 0 spiro atoms. The van der Waals surface area contributed by atoms with Gasteiger partial charge in [0.15, 0.2) is 11.9 Å². The van der Waals surface area contributed by atoms with E-state index in [9.17, 15) is 10.2 Å². The normalized spacial score (nSPS) is 31.0. The van der Waals surface area contributed by atoms with Gasteiger partial charge in [-0.2, -0.15) is 4.98 Å². The van der Waals surface area contributed by atoms with Crippen molar-refractivity contribution in [2.75, 3.05) is 12.3 Å². The zero-order chi connectivity index (χ0) is 17.5. The molecule has 24 heavy (non-hydrogen) atoms. The number of ether oxygens (including phenoxy) is 1. The van der Waals surface area contributed by atoms with Gasteiger partial charge in [0.2, 0.25) is 5.95 Å². The molecule has 0 aromatic carbocycles. The molecule has 0 radical (unpaired) electrons. The number of nitrogens with zero attached hydrogens (tertiary/aromatic N) is 4. The number of fused-ring (bicyclic) bond motifs is 1. The SMILES string of the molecule is C[C@@H](O)[C@H]1O[C@@H](n2cnc3cnc(N)nc32)C(N)(C#CCl)C1CO. The molecule has 0 aliphatic carbocycles. The Bertz CT molecular complexity index is 816. The summed E-state index contributed by atoms with van der Waals surface area (Å²) in [7, 11) is 0. The highest BCUT2D eigenvalue weighted by Crippen LogP contribution is 2.42. The Hall–Kier alpha value is -1.96. The van der Waals surface area contributed by atoms with E-state index in [1.54, 1.807) is 11.5 Å². The largest absolute Gasteiger partial charge is 0.396 e. The number of nitrogens with two attached hydrogens (primary N) is 2. The van der Waals surface area contributed by atoms with Crippen molar-refractivity contribution in [3.63, 3.8) is 0 Å². The molecule has 0 saturated carbocycles. The fraction of sp³-hybridized carbons (Fsp3) is 0.500. The number of anilines is 1. The Balaban J connectivity index is 2.16. The van der Waals surface area contributed by atoms with Crippen LogP contribution >= 0.6 is 11.6 Å². The van der Waals surface area contributed by atoms with Crippen molar-refractivity contribution in [1.29, 1.82) is 0 Å². The molecule has 3 rings (SSSR count). The molecular formula is C14H17ClN6O3. The van der Waals surface area contributed by atoms with Crippen LogP contribution in [-0.4, -0.2) is 54.1 Å². The highest BCUT2D eigenvalue weighted by molar-refractivity contribution is 6.30. The highest BCUT2D eigenvalue weighted by atomic mass is 35.5. The molecule has 2 aromatic heterocycles. The molecule has 1 saturated heterocycles. The standard InChI is InChI=1S/C14H17ClN6O3/c1-7(23)10-8(5-22)14(17,2-3-15)12(24-10)21-6-19-9-4-18-13(16)20-11(9)21/h4,6-8,10,12,22-23H,5,17H2,1H3,(H2,16,18,20)/t7-,8?,10-,12-,14?/m1/s1. The first kappa shape index (κ1) is 16.9. The minimum absolute atomic E-state index is 0.0686. The van der Waals surface area contributed by atoms with E-state index < -0.39 is 29.9 Å². The summed E-state index contributed by atoms with van der Waals surface area (Å²) in [5.74, 6) is 2.11. The number of aliphatic hydroxyl groups is 2. The maximum atomic E-state index is 9.98. The van der Waals surface area contributed by atoms with Gasteiger partial charge in [-0.15, -0.1) is 0 Å². The quantitative estimate of drug-likeness (QED) is 0.525. The van der Waals surface area contributed by atoms with Gasteiger partial charge in [0.05, 0.1) is 31.3 Å². The Kier molecular flexibility index (Phi) is 4.33. The maximum absolute atomic E-state index is 9.98. The molecule has 5 atom stereocenters. The number of nitrogen functional groups attached to an aromatic ring is 1. The van der Waals surface area contributed by atoms with E-state index in [1.165, 1.54) is 12.5 Å².